The van der Waals surface area contributed by atoms with E-state index in [-0.39, 0.29) is 11.9 Å². The van der Waals surface area contributed by atoms with E-state index < -0.39 is 5.97 Å². The standard InChI is InChI=1S/C42H82O4/c1-4-7-9-10-11-12-13-19-22-25-28-31-35-40(42(45)46-38-39(6-3)34-8-5-2)36-32-29-26-23-20-17-15-14-16-18-21-24-27-30-33-37-41(43)44/h39-40H,4-38H2,1-3H3,(H,43,44). The van der Waals surface area contributed by atoms with E-state index in [1.54, 1.807) is 0 Å². The molecule has 2 atom stereocenters. The number of ether oxygens (including phenoxy) is 1. The van der Waals surface area contributed by atoms with Gasteiger partial charge in [0.1, 0.15) is 0 Å². The number of rotatable bonds is 38. The molecule has 0 aromatic rings. The van der Waals surface area contributed by atoms with Crippen LogP contribution in [0.4, 0.5) is 0 Å². The molecule has 4 nitrogen and oxygen atoms in total. The molecule has 274 valence electrons. The number of carbonyl (C=O) groups excluding carboxylic acids is 1. The van der Waals surface area contributed by atoms with E-state index in [2.05, 4.69) is 20.8 Å². The smallest absolute Gasteiger partial charge is 0.308 e. The minimum Gasteiger partial charge on any atom is -0.481 e. The Morgan fingerprint density at radius 2 is 0.804 bits per heavy atom. The topological polar surface area (TPSA) is 63.6 Å². The number of unbranched alkanes of at least 4 members (excludes halogenated alkanes) is 26. The van der Waals surface area contributed by atoms with Crippen LogP contribution in [-0.2, 0) is 14.3 Å². The Morgan fingerprint density at radius 3 is 1.15 bits per heavy atom. The molecular weight excluding hydrogens is 568 g/mol. The monoisotopic (exact) mass is 651 g/mol. The van der Waals surface area contributed by atoms with Gasteiger partial charge in [0.05, 0.1) is 12.5 Å². The number of esters is 1. The SMILES string of the molecule is CCCCCCCCCCCCCCC(CCCCCCCCCCCCCCCCCC(=O)O)C(=O)OCC(CC)CCCC. The van der Waals surface area contributed by atoms with Crippen LogP contribution in [-0.4, -0.2) is 23.7 Å². The van der Waals surface area contributed by atoms with Crippen molar-refractivity contribution in [2.75, 3.05) is 6.61 Å². The third-order valence-electron chi connectivity index (χ3n) is 10.2. The lowest BCUT2D eigenvalue weighted by Crippen LogP contribution is -2.21. The second kappa shape index (κ2) is 36.8. The van der Waals surface area contributed by atoms with Crippen LogP contribution in [0.1, 0.15) is 239 Å². The molecule has 0 aromatic heterocycles. The predicted molar refractivity (Wildman–Crippen MR) is 200 cm³/mol. The average molecular weight is 651 g/mol. The average Bonchev–Trinajstić information content (AvgIpc) is 3.05. The van der Waals surface area contributed by atoms with Crippen LogP contribution in [0.5, 0.6) is 0 Å². The van der Waals surface area contributed by atoms with Gasteiger partial charge in [-0.05, 0) is 31.6 Å². The molecule has 0 radical (unpaired) electrons. The summed E-state index contributed by atoms with van der Waals surface area (Å²) in [6.45, 7) is 7.38. The molecule has 0 aromatic carbocycles. The first kappa shape index (κ1) is 44.9. The summed E-state index contributed by atoms with van der Waals surface area (Å²) in [6.07, 6.45) is 42.2. The van der Waals surface area contributed by atoms with Crippen LogP contribution in [0.25, 0.3) is 0 Å². The van der Waals surface area contributed by atoms with Crippen molar-refractivity contribution in [2.24, 2.45) is 11.8 Å². The number of carboxylic acids is 1. The summed E-state index contributed by atoms with van der Waals surface area (Å²) in [5, 5.41) is 8.69. The van der Waals surface area contributed by atoms with Gasteiger partial charge in [-0.25, -0.2) is 0 Å². The van der Waals surface area contributed by atoms with Gasteiger partial charge >= 0.3 is 11.9 Å². The lowest BCUT2D eigenvalue weighted by atomic mass is 9.93. The summed E-state index contributed by atoms with van der Waals surface area (Å²) < 4.78 is 5.94. The highest BCUT2D eigenvalue weighted by Gasteiger charge is 2.20. The second-order valence-corrected chi connectivity index (χ2v) is 14.7. The van der Waals surface area contributed by atoms with Crippen LogP contribution in [0.15, 0.2) is 0 Å². The van der Waals surface area contributed by atoms with E-state index >= 15 is 0 Å². The zero-order chi connectivity index (χ0) is 33.8. The van der Waals surface area contributed by atoms with E-state index in [4.69, 9.17) is 9.84 Å². The molecule has 2 unspecified atom stereocenters. The molecule has 4 heteroatoms. The molecule has 0 heterocycles. The maximum atomic E-state index is 13.1. The molecule has 0 bridgehead atoms. The van der Waals surface area contributed by atoms with Gasteiger partial charge in [0.2, 0.25) is 0 Å². The molecule has 0 aliphatic rings. The fraction of sp³-hybridized carbons (Fsp3) is 0.952. The first-order chi connectivity index (χ1) is 22.5. The highest BCUT2D eigenvalue weighted by atomic mass is 16.5. The third kappa shape index (κ3) is 32.9. The lowest BCUT2D eigenvalue weighted by molar-refractivity contribution is -0.150. The molecule has 0 amide bonds. The highest BCUT2D eigenvalue weighted by Crippen LogP contribution is 2.23. The van der Waals surface area contributed by atoms with Gasteiger partial charge in [-0.15, -0.1) is 0 Å². The maximum absolute atomic E-state index is 13.1. The molecule has 0 rings (SSSR count). The van der Waals surface area contributed by atoms with Crippen molar-refractivity contribution in [3.05, 3.63) is 0 Å². The quantitative estimate of drug-likeness (QED) is 0.0533. The van der Waals surface area contributed by atoms with Crippen LogP contribution in [0.3, 0.4) is 0 Å². The second-order valence-electron chi connectivity index (χ2n) is 14.7. The van der Waals surface area contributed by atoms with Crippen LogP contribution in [0, 0.1) is 11.8 Å². The Labute approximate surface area is 288 Å². The van der Waals surface area contributed by atoms with Crippen molar-refractivity contribution < 1.29 is 19.4 Å². The summed E-state index contributed by atoms with van der Waals surface area (Å²) in [6, 6.07) is 0. The molecule has 0 aliphatic carbocycles. The molecule has 0 saturated heterocycles. The van der Waals surface area contributed by atoms with E-state index in [1.165, 1.54) is 180 Å². The van der Waals surface area contributed by atoms with E-state index in [1.807, 2.05) is 0 Å². The van der Waals surface area contributed by atoms with Crippen LogP contribution >= 0.6 is 0 Å². The van der Waals surface area contributed by atoms with Crippen LogP contribution < -0.4 is 0 Å². The van der Waals surface area contributed by atoms with Gasteiger partial charge in [0, 0.05) is 6.42 Å². The molecular formula is C42H82O4. The summed E-state index contributed by atoms with van der Waals surface area (Å²) in [7, 11) is 0. The van der Waals surface area contributed by atoms with Crippen molar-refractivity contribution in [3.8, 4) is 0 Å². The van der Waals surface area contributed by atoms with Crippen molar-refractivity contribution in [1.29, 1.82) is 0 Å². The molecule has 0 saturated carbocycles. The molecule has 0 aliphatic heterocycles. The minimum atomic E-state index is -0.663. The van der Waals surface area contributed by atoms with Crippen molar-refractivity contribution in [3.63, 3.8) is 0 Å². The van der Waals surface area contributed by atoms with Gasteiger partial charge in [-0.1, -0.05) is 207 Å². The molecule has 0 spiro atoms. The van der Waals surface area contributed by atoms with E-state index in [0.29, 0.717) is 18.9 Å². The molecule has 1 N–H and O–H groups in total. The summed E-state index contributed by atoms with van der Waals surface area (Å²) >= 11 is 0. The van der Waals surface area contributed by atoms with Gasteiger partial charge in [-0.2, -0.15) is 0 Å². The number of carboxylic acid groups (broad SMARTS) is 1. The fourth-order valence-corrected chi connectivity index (χ4v) is 6.79. The maximum Gasteiger partial charge on any atom is 0.308 e. The molecule has 0 fully saturated rings. The predicted octanol–water partition coefficient (Wildman–Crippen LogP) is 14.2. The van der Waals surface area contributed by atoms with Crippen molar-refractivity contribution in [1.82, 2.24) is 0 Å². The Bertz CT molecular complexity index is 633. The summed E-state index contributed by atoms with van der Waals surface area (Å²) in [4.78, 5) is 23.7. The molecule has 46 heavy (non-hydrogen) atoms. The fourth-order valence-electron chi connectivity index (χ4n) is 6.79. The van der Waals surface area contributed by atoms with Crippen LogP contribution in [0.2, 0.25) is 0 Å². The first-order valence-electron chi connectivity index (χ1n) is 20.9. The van der Waals surface area contributed by atoms with E-state index in [0.717, 1.165) is 32.1 Å². The Kier molecular flexibility index (Phi) is 35.9. The summed E-state index contributed by atoms with van der Waals surface area (Å²) in [5.41, 5.74) is 0. The zero-order valence-electron chi connectivity index (χ0n) is 31.6. The van der Waals surface area contributed by atoms with Gasteiger partial charge in [0.25, 0.3) is 0 Å². The van der Waals surface area contributed by atoms with Crippen molar-refractivity contribution in [2.45, 2.75) is 239 Å². The van der Waals surface area contributed by atoms with Crippen molar-refractivity contribution >= 4 is 11.9 Å². The number of aliphatic carboxylic acids is 1. The van der Waals surface area contributed by atoms with Gasteiger partial charge < -0.3 is 9.84 Å². The van der Waals surface area contributed by atoms with Gasteiger partial charge in [-0.3, -0.25) is 9.59 Å². The summed E-state index contributed by atoms with van der Waals surface area (Å²) in [5.74, 6) is 0.0649. The highest BCUT2D eigenvalue weighted by molar-refractivity contribution is 5.72. The number of carbonyl (C=O) groups is 2. The number of hydrogen-bond acceptors (Lipinski definition) is 3. The number of hydrogen-bond donors (Lipinski definition) is 1. The van der Waals surface area contributed by atoms with E-state index in [9.17, 15) is 9.59 Å². The normalized spacial score (nSPS) is 12.8. The lowest BCUT2D eigenvalue weighted by Gasteiger charge is -2.19. The first-order valence-corrected chi connectivity index (χ1v) is 20.9. The Balaban J connectivity index is 4.04. The third-order valence-corrected chi connectivity index (χ3v) is 10.2. The Morgan fingerprint density at radius 1 is 0.457 bits per heavy atom. The zero-order valence-corrected chi connectivity index (χ0v) is 31.6. The minimum absolute atomic E-state index is 0.0937. The largest absolute Gasteiger partial charge is 0.481 e. The Hall–Kier alpha value is -1.06. The van der Waals surface area contributed by atoms with Gasteiger partial charge in [0.15, 0.2) is 0 Å².